The molecule has 0 heterocycles. The van der Waals surface area contributed by atoms with E-state index in [0.717, 1.165) is 12.1 Å². The number of hydrogen-bond donors (Lipinski definition) is 1. The van der Waals surface area contributed by atoms with Crippen LogP contribution in [0.3, 0.4) is 0 Å². The number of rotatable bonds is 6. The van der Waals surface area contributed by atoms with Gasteiger partial charge in [0.1, 0.15) is 18.2 Å². The van der Waals surface area contributed by atoms with E-state index in [9.17, 15) is 4.39 Å². The smallest absolute Gasteiger partial charge is 0.138 e. The second-order valence-corrected chi connectivity index (χ2v) is 6.41. The van der Waals surface area contributed by atoms with Crippen LogP contribution in [0.5, 0.6) is 5.75 Å². The van der Waals surface area contributed by atoms with Crippen LogP contribution in [0.4, 0.5) is 4.39 Å². The lowest BCUT2D eigenvalue weighted by Gasteiger charge is -2.13. The van der Waals surface area contributed by atoms with Crippen molar-refractivity contribution >= 4 is 11.6 Å². The molecule has 0 radical (unpaired) electrons. The third kappa shape index (κ3) is 4.46. The first-order chi connectivity index (χ1) is 11.2. The first-order valence-electron chi connectivity index (χ1n) is 8.10. The summed E-state index contributed by atoms with van der Waals surface area (Å²) in [6.07, 6.45) is 5.16. The number of hydrogen-bond acceptors (Lipinski definition) is 2. The second-order valence-electron chi connectivity index (χ2n) is 6.01. The minimum atomic E-state index is -0.263. The molecule has 23 heavy (non-hydrogen) atoms. The van der Waals surface area contributed by atoms with E-state index in [1.807, 2.05) is 18.2 Å². The standard InChI is InChI=1S/C19H21ClFNO/c20-17-11-14(12-22-16-6-2-3-7-16)9-10-19(17)23-13-15-5-1-4-8-18(15)21/h1,4-5,8-11,16,22H,2-3,6-7,12-13H2. The van der Waals surface area contributed by atoms with Crippen molar-refractivity contribution < 1.29 is 9.13 Å². The molecule has 0 bridgehead atoms. The maximum atomic E-state index is 13.6. The summed E-state index contributed by atoms with van der Waals surface area (Å²) in [5.74, 6) is 0.320. The second kappa shape index (κ2) is 7.80. The van der Waals surface area contributed by atoms with Crippen molar-refractivity contribution in [3.63, 3.8) is 0 Å². The van der Waals surface area contributed by atoms with Crippen molar-refractivity contribution in [2.24, 2.45) is 0 Å². The third-order valence-corrected chi connectivity index (χ3v) is 4.58. The molecule has 0 aliphatic heterocycles. The van der Waals surface area contributed by atoms with Crippen molar-refractivity contribution in [2.75, 3.05) is 0 Å². The average Bonchev–Trinajstić information content (AvgIpc) is 3.07. The van der Waals surface area contributed by atoms with Crippen LogP contribution >= 0.6 is 11.6 Å². The van der Waals surface area contributed by atoms with E-state index in [-0.39, 0.29) is 12.4 Å². The van der Waals surface area contributed by atoms with Gasteiger partial charge >= 0.3 is 0 Å². The molecule has 3 rings (SSSR count). The zero-order valence-corrected chi connectivity index (χ0v) is 13.8. The van der Waals surface area contributed by atoms with Crippen LogP contribution in [-0.2, 0) is 13.2 Å². The van der Waals surface area contributed by atoms with Crippen molar-refractivity contribution in [2.45, 2.75) is 44.9 Å². The van der Waals surface area contributed by atoms with E-state index >= 15 is 0 Å². The van der Waals surface area contributed by atoms with Gasteiger partial charge in [-0.05, 0) is 36.6 Å². The third-order valence-electron chi connectivity index (χ3n) is 4.29. The van der Waals surface area contributed by atoms with Crippen LogP contribution in [0.1, 0.15) is 36.8 Å². The van der Waals surface area contributed by atoms with Gasteiger partial charge in [-0.2, -0.15) is 0 Å². The summed E-state index contributed by atoms with van der Waals surface area (Å²) >= 11 is 6.28. The van der Waals surface area contributed by atoms with Gasteiger partial charge in [0.05, 0.1) is 5.02 Å². The molecular formula is C19H21ClFNO. The first-order valence-corrected chi connectivity index (χ1v) is 8.48. The predicted molar refractivity (Wildman–Crippen MR) is 91.3 cm³/mol. The van der Waals surface area contributed by atoms with E-state index in [0.29, 0.717) is 22.4 Å². The van der Waals surface area contributed by atoms with Crippen LogP contribution in [0.2, 0.25) is 5.02 Å². The highest BCUT2D eigenvalue weighted by Gasteiger charge is 2.14. The fourth-order valence-electron chi connectivity index (χ4n) is 2.93. The number of ether oxygens (including phenoxy) is 1. The maximum Gasteiger partial charge on any atom is 0.138 e. The molecular weight excluding hydrogens is 313 g/mol. The number of nitrogens with one attached hydrogen (secondary N) is 1. The summed E-state index contributed by atoms with van der Waals surface area (Å²) in [6.45, 7) is 0.990. The molecule has 2 aromatic carbocycles. The highest BCUT2D eigenvalue weighted by Crippen LogP contribution is 2.27. The molecule has 4 heteroatoms. The lowest BCUT2D eigenvalue weighted by Crippen LogP contribution is -2.25. The molecule has 0 spiro atoms. The Morgan fingerprint density at radius 1 is 1.13 bits per heavy atom. The molecule has 0 saturated heterocycles. The van der Waals surface area contributed by atoms with Crippen LogP contribution in [0, 0.1) is 5.82 Å². The maximum absolute atomic E-state index is 13.6. The Morgan fingerprint density at radius 2 is 1.91 bits per heavy atom. The zero-order valence-electron chi connectivity index (χ0n) is 13.0. The fourth-order valence-corrected chi connectivity index (χ4v) is 3.19. The summed E-state index contributed by atoms with van der Waals surface area (Å²) in [4.78, 5) is 0. The number of halogens is 2. The van der Waals surface area contributed by atoms with Gasteiger partial charge in [0.25, 0.3) is 0 Å². The molecule has 1 fully saturated rings. The minimum absolute atomic E-state index is 0.173. The Balaban J connectivity index is 1.57. The summed E-state index contributed by atoms with van der Waals surface area (Å²) < 4.78 is 19.2. The summed E-state index contributed by atoms with van der Waals surface area (Å²) in [7, 11) is 0. The van der Waals surface area contributed by atoms with E-state index in [4.69, 9.17) is 16.3 Å². The van der Waals surface area contributed by atoms with Crippen LogP contribution in [0.25, 0.3) is 0 Å². The van der Waals surface area contributed by atoms with Gasteiger partial charge in [0, 0.05) is 18.2 Å². The lowest BCUT2D eigenvalue weighted by atomic mass is 10.2. The van der Waals surface area contributed by atoms with E-state index in [2.05, 4.69) is 5.32 Å². The Kier molecular flexibility index (Phi) is 5.52. The largest absolute Gasteiger partial charge is 0.487 e. The number of benzene rings is 2. The Bertz CT molecular complexity index is 656. The Morgan fingerprint density at radius 3 is 2.65 bits per heavy atom. The highest BCUT2D eigenvalue weighted by atomic mass is 35.5. The van der Waals surface area contributed by atoms with Crippen molar-refractivity contribution in [3.8, 4) is 5.75 Å². The van der Waals surface area contributed by atoms with Gasteiger partial charge < -0.3 is 10.1 Å². The summed E-state index contributed by atoms with van der Waals surface area (Å²) in [5, 5.41) is 4.12. The quantitative estimate of drug-likeness (QED) is 0.795. The van der Waals surface area contributed by atoms with Crippen LogP contribution in [0.15, 0.2) is 42.5 Å². The van der Waals surface area contributed by atoms with E-state index < -0.39 is 0 Å². The molecule has 1 aliphatic rings. The predicted octanol–water partition coefficient (Wildman–Crippen LogP) is 5.09. The van der Waals surface area contributed by atoms with Gasteiger partial charge in [-0.3, -0.25) is 0 Å². The molecule has 2 aromatic rings. The van der Waals surface area contributed by atoms with E-state index in [1.165, 1.54) is 31.7 Å². The normalized spacial score (nSPS) is 15.0. The SMILES string of the molecule is Fc1ccccc1COc1ccc(CNC2CCCC2)cc1Cl. The van der Waals surface area contributed by atoms with Crippen molar-refractivity contribution in [1.29, 1.82) is 0 Å². The fraction of sp³-hybridized carbons (Fsp3) is 0.368. The molecule has 2 nitrogen and oxygen atoms in total. The molecule has 1 N–H and O–H groups in total. The molecule has 0 amide bonds. The van der Waals surface area contributed by atoms with Gasteiger partial charge in [-0.1, -0.05) is 48.7 Å². The van der Waals surface area contributed by atoms with Gasteiger partial charge in [-0.25, -0.2) is 4.39 Å². The molecule has 1 saturated carbocycles. The van der Waals surface area contributed by atoms with Gasteiger partial charge in [-0.15, -0.1) is 0 Å². The topological polar surface area (TPSA) is 21.3 Å². The lowest BCUT2D eigenvalue weighted by molar-refractivity contribution is 0.300. The summed E-state index contributed by atoms with van der Waals surface area (Å²) in [5.41, 5.74) is 1.66. The van der Waals surface area contributed by atoms with Crippen LogP contribution < -0.4 is 10.1 Å². The molecule has 122 valence electrons. The van der Waals surface area contributed by atoms with Crippen molar-refractivity contribution in [3.05, 3.63) is 64.4 Å². The van der Waals surface area contributed by atoms with Gasteiger partial charge in [0.15, 0.2) is 0 Å². The Hall–Kier alpha value is -1.58. The van der Waals surface area contributed by atoms with Crippen LogP contribution in [-0.4, -0.2) is 6.04 Å². The molecule has 0 aromatic heterocycles. The zero-order chi connectivity index (χ0) is 16.1. The molecule has 0 unspecified atom stereocenters. The van der Waals surface area contributed by atoms with Crippen molar-refractivity contribution in [1.82, 2.24) is 5.32 Å². The van der Waals surface area contributed by atoms with E-state index in [1.54, 1.807) is 18.2 Å². The molecule has 0 atom stereocenters. The monoisotopic (exact) mass is 333 g/mol. The Labute approximate surface area is 141 Å². The highest BCUT2D eigenvalue weighted by molar-refractivity contribution is 6.32. The minimum Gasteiger partial charge on any atom is -0.487 e. The average molecular weight is 334 g/mol. The molecule has 1 aliphatic carbocycles. The first kappa shape index (κ1) is 16.3. The summed E-state index contributed by atoms with van der Waals surface area (Å²) in [6, 6.07) is 13.0. The van der Waals surface area contributed by atoms with Gasteiger partial charge in [0.2, 0.25) is 0 Å².